The number of rotatable bonds is 2. The number of para-hydroxylation sites is 1. The predicted molar refractivity (Wildman–Crippen MR) is 50.7 cm³/mol. The molecular formula is C8H8N2O3S. The number of sulfonamides is 1. The third-order valence-electron chi connectivity index (χ3n) is 1.82. The Morgan fingerprint density at radius 3 is 2.64 bits per heavy atom. The molecule has 14 heavy (non-hydrogen) atoms. The van der Waals surface area contributed by atoms with Gasteiger partial charge in [-0.15, -0.1) is 4.83 Å². The number of fused-ring (bicyclic) bond motifs is 1. The Balaban J connectivity index is 2.67. The minimum atomic E-state index is -3.70. The van der Waals surface area contributed by atoms with Gasteiger partial charge in [0.15, 0.2) is 0 Å². The lowest BCUT2D eigenvalue weighted by atomic mass is 10.3. The lowest BCUT2D eigenvalue weighted by Crippen LogP contribution is -2.29. The van der Waals surface area contributed by atoms with Crippen molar-refractivity contribution in [2.45, 2.75) is 5.09 Å². The summed E-state index contributed by atoms with van der Waals surface area (Å²) in [7, 11) is -3.70. The average molecular weight is 212 g/mol. The van der Waals surface area contributed by atoms with Crippen LogP contribution in [0, 0.1) is 0 Å². The number of hydrazine groups is 1. The van der Waals surface area contributed by atoms with Crippen LogP contribution in [0.5, 0.6) is 0 Å². The van der Waals surface area contributed by atoms with Crippen LogP contribution in [-0.2, 0) is 10.0 Å². The zero-order valence-corrected chi connectivity index (χ0v) is 7.91. The van der Waals surface area contributed by atoms with Gasteiger partial charge in [-0.2, -0.15) is 0 Å². The molecule has 0 amide bonds. The predicted octanol–water partition coefficient (Wildman–Crippen LogP) is 0.585. The van der Waals surface area contributed by atoms with E-state index < -0.39 is 10.0 Å². The van der Waals surface area contributed by atoms with Crippen molar-refractivity contribution in [1.29, 1.82) is 0 Å². The topological polar surface area (TPSA) is 85.3 Å². The lowest BCUT2D eigenvalue weighted by Gasteiger charge is -1.94. The minimum Gasteiger partial charge on any atom is -0.443 e. The molecule has 5 nitrogen and oxygen atoms in total. The summed E-state index contributed by atoms with van der Waals surface area (Å²) in [5, 5.41) is 0.544. The van der Waals surface area contributed by atoms with E-state index in [1.807, 2.05) is 0 Å². The van der Waals surface area contributed by atoms with E-state index in [1.54, 1.807) is 29.1 Å². The van der Waals surface area contributed by atoms with Gasteiger partial charge >= 0.3 is 0 Å². The minimum absolute atomic E-state index is 0.179. The van der Waals surface area contributed by atoms with Gasteiger partial charge in [0.25, 0.3) is 10.0 Å². The fourth-order valence-corrected chi connectivity index (χ4v) is 1.75. The SMILES string of the molecule is NNS(=O)(=O)c1cc2ccccc2o1. The summed E-state index contributed by atoms with van der Waals surface area (Å²) >= 11 is 0. The third kappa shape index (κ3) is 1.39. The van der Waals surface area contributed by atoms with E-state index in [1.165, 1.54) is 6.07 Å². The molecule has 0 atom stereocenters. The van der Waals surface area contributed by atoms with Crippen LogP contribution in [0.2, 0.25) is 0 Å². The van der Waals surface area contributed by atoms with Crippen molar-refractivity contribution in [3.8, 4) is 0 Å². The Hall–Kier alpha value is -1.37. The number of furan rings is 1. The number of hydrogen-bond acceptors (Lipinski definition) is 4. The molecule has 0 unspecified atom stereocenters. The highest BCUT2D eigenvalue weighted by Crippen LogP contribution is 2.21. The summed E-state index contributed by atoms with van der Waals surface area (Å²) in [5.74, 6) is 4.86. The average Bonchev–Trinajstić information content (AvgIpc) is 2.61. The van der Waals surface area contributed by atoms with Gasteiger partial charge in [0.2, 0.25) is 5.09 Å². The zero-order valence-electron chi connectivity index (χ0n) is 7.10. The van der Waals surface area contributed by atoms with Crippen LogP contribution >= 0.6 is 0 Å². The van der Waals surface area contributed by atoms with Crippen molar-refractivity contribution < 1.29 is 12.8 Å². The van der Waals surface area contributed by atoms with Gasteiger partial charge in [0, 0.05) is 11.5 Å². The molecule has 1 heterocycles. The highest BCUT2D eigenvalue weighted by molar-refractivity contribution is 7.89. The molecule has 1 aromatic heterocycles. The Bertz CT molecular complexity index is 526. The van der Waals surface area contributed by atoms with Crippen LogP contribution in [0.15, 0.2) is 39.8 Å². The van der Waals surface area contributed by atoms with Crippen molar-refractivity contribution in [1.82, 2.24) is 4.83 Å². The zero-order chi connectivity index (χ0) is 10.2. The van der Waals surface area contributed by atoms with E-state index in [-0.39, 0.29) is 5.09 Å². The molecule has 0 aliphatic carbocycles. The fourth-order valence-electron chi connectivity index (χ4n) is 1.15. The van der Waals surface area contributed by atoms with Crippen LogP contribution in [0.3, 0.4) is 0 Å². The van der Waals surface area contributed by atoms with Gasteiger partial charge in [-0.25, -0.2) is 8.42 Å². The molecule has 0 saturated carbocycles. The van der Waals surface area contributed by atoms with Crippen molar-refractivity contribution in [2.75, 3.05) is 0 Å². The van der Waals surface area contributed by atoms with Crippen molar-refractivity contribution in [3.63, 3.8) is 0 Å². The maximum atomic E-state index is 11.2. The van der Waals surface area contributed by atoms with E-state index in [9.17, 15) is 8.42 Å². The quantitative estimate of drug-likeness (QED) is 0.563. The van der Waals surface area contributed by atoms with Gasteiger partial charge in [0.05, 0.1) is 0 Å². The summed E-state index contributed by atoms with van der Waals surface area (Å²) in [6.45, 7) is 0. The maximum absolute atomic E-state index is 11.2. The second kappa shape index (κ2) is 3.09. The first-order valence-corrected chi connectivity index (χ1v) is 5.33. The number of benzene rings is 1. The molecule has 0 saturated heterocycles. The first-order valence-electron chi connectivity index (χ1n) is 3.84. The first-order chi connectivity index (χ1) is 6.63. The highest BCUT2D eigenvalue weighted by Gasteiger charge is 2.16. The van der Waals surface area contributed by atoms with E-state index >= 15 is 0 Å². The molecule has 3 N–H and O–H groups in total. The van der Waals surface area contributed by atoms with Gasteiger partial charge < -0.3 is 4.42 Å². The Morgan fingerprint density at radius 2 is 2.00 bits per heavy atom. The molecule has 0 bridgehead atoms. The first kappa shape index (κ1) is 9.20. The van der Waals surface area contributed by atoms with Gasteiger partial charge in [0.1, 0.15) is 5.58 Å². The molecule has 2 aromatic rings. The van der Waals surface area contributed by atoms with Crippen molar-refractivity contribution >= 4 is 21.0 Å². The molecule has 74 valence electrons. The van der Waals surface area contributed by atoms with Gasteiger partial charge in [-0.3, -0.25) is 5.84 Å². The van der Waals surface area contributed by atoms with E-state index in [0.717, 1.165) is 5.39 Å². The normalized spacial score (nSPS) is 12.1. The number of hydrogen-bond donors (Lipinski definition) is 2. The number of nitrogens with two attached hydrogens (primary N) is 1. The van der Waals surface area contributed by atoms with Gasteiger partial charge in [-0.1, -0.05) is 18.2 Å². The van der Waals surface area contributed by atoms with Crippen LogP contribution in [0.4, 0.5) is 0 Å². The second-order valence-electron chi connectivity index (χ2n) is 2.72. The summed E-state index contributed by atoms with van der Waals surface area (Å²) in [4.78, 5) is 1.70. The summed E-state index contributed by atoms with van der Waals surface area (Å²) in [6.07, 6.45) is 0. The Morgan fingerprint density at radius 1 is 1.29 bits per heavy atom. The summed E-state index contributed by atoms with van der Waals surface area (Å²) in [6, 6.07) is 8.42. The molecule has 0 radical (unpaired) electrons. The second-order valence-corrected chi connectivity index (χ2v) is 4.37. The Kier molecular flexibility index (Phi) is 2.03. The Labute approximate surface area is 80.5 Å². The summed E-state index contributed by atoms with van der Waals surface area (Å²) in [5.41, 5.74) is 0.515. The molecule has 2 rings (SSSR count). The third-order valence-corrected chi connectivity index (χ3v) is 2.86. The number of nitrogens with one attached hydrogen (secondary N) is 1. The van der Waals surface area contributed by atoms with Crippen LogP contribution < -0.4 is 10.7 Å². The monoisotopic (exact) mass is 212 g/mol. The molecule has 0 fully saturated rings. The molecule has 0 aliphatic rings. The smallest absolute Gasteiger partial charge is 0.286 e. The lowest BCUT2D eigenvalue weighted by molar-refractivity contribution is 0.476. The van der Waals surface area contributed by atoms with Gasteiger partial charge in [-0.05, 0) is 6.07 Å². The molecule has 1 aromatic carbocycles. The van der Waals surface area contributed by atoms with E-state index in [0.29, 0.717) is 5.58 Å². The molecule has 6 heteroatoms. The van der Waals surface area contributed by atoms with Crippen molar-refractivity contribution in [2.24, 2.45) is 5.84 Å². The van der Waals surface area contributed by atoms with Crippen LogP contribution in [0.25, 0.3) is 11.0 Å². The summed E-state index contributed by atoms with van der Waals surface area (Å²) < 4.78 is 27.6. The highest BCUT2D eigenvalue weighted by atomic mass is 32.2. The molecule has 0 aliphatic heterocycles. The van der Waals surface area contributed by atoms with E-state index in [4.69, 9.17) is 10.3 Å². The van der Waals surface area contributed by atoms with Crippen LogP contribution in [0.1, 0.15) is 0 Å². The largest absolute Gasteiger partial charge is 0.443 e. The standard InChI is InChI=1S/C8H8N2O3S/c9-10-14(11,12)8-5-6-3-1-2-4-7(6)13-8/h1-5,10H,9H2. The molecule has 0 spiro atoms. The fraction of sp³-hybridized carbons (Fsp3) is 0. The maximum Gasteiger partial charge on any atom is 0.286 e. The molecular weight excluding hydrogens is 204 g/mol. The van der Waals surface area contributed by atoms with Crippen molar-refractivity contribution in [3.05, 3.63) is 30.3 Å². The van der Waals surface area contributed by atoms with E-state index in [2.05, 4.69) is 0 Å². The van der Waals surface area contributed by atoms with Crippen LogP contribution in [-0.4, -0.2) is 8.42 Å².